The number of carbonyl (C=O) groups excluding carboxylic acids is 1. The number of carbonyl (C=O) groups is 1. The number of amides is 2. The average molecular weight is 496 g/mol. The van der Waals surface area contributed by atoms with Gasteiger partial charge in [0, 0.05) is 38.2 Å². The molecule has 0 spiro atoms. The van der Waals surface area contributed by atoms with Crippen LogP contribution in [0.3, 0.4) is 0 Å². The Bertz CT molecular complexity index is 1080. The van der Waals surface area contributed by atoms with Crippen molar-refractivity contribution in [1.82, 2.24) is 19.4 Å². The number of hydrogen-bond donors (Lipinski definition) is 1. The Morgan fingerprint density at radius 2 is 1.79 bits per heavy atom. The summed E-state index contributed by atoms with van der Waals surface area (Å²) in [7, 11) is -0.900. The minimum atomic E-state index is -3.80. The summed E-state index contributed by atoms with van der Waals surface area (Å²) in [5, 5.41) is 12.7. The van der Waals surface area contributed by atoms with E-state index in [1.54, 1.807) is 17.0 Å². The van der Waals surface area contributed by atoms with E-state index >= 15 is 0 Å². The third kappa shape index (κ3) is 5.22. The maximum absolute atomic E-state index is 13.2. The Kier molecular flexibility index (Phi) is 7.35. The monoisotopic (exact) mass is 495 g/mol. The zero-order valence-corrected chi connectivity index (χ0v) is 20.5. The van der Waals surface area contributed by atoms with E-state index in [2.05, 4.69) is 15.5 Å². The number of anilines is 1. The van der Waals surface area contributed by atoms with Crippen molar-refractivity contribution in [3.8, 4) is 11.5 Å². The smallest absolute Gasteiger partial charge is 0.323 e. The van der Waals surface area contributed by atoms with Gasteiger partial charge in [-0.05, 0) is 25.0 Å². The van der Waals surface area contributed by atoms with Crippen LogP contribution in [-0.4, -0.2) is 74.3 Å². The van der Waals surface area contributed by atoms with Crippen molar-refractivity contribution < 1.29 is 22.7 Å². The second kappa shape index (κ2) is 10.2. The van der Waals surface area contributed by atoms with Crippen LogP contribution in [0, 0.1) is 0 Å². The van der Waals surface area contributed by atoms with Gasteiger partial charge in [0.25, 0.3) is 0 Å². The Balaban J connectivity index is 1.37. The molecule has 2 aromatic rings. The van der Waals surface area contributed by atoms with Gasteiger partial charge in [0.1, 0.15) is 21.4 Å². The van der Waals surface area contributed by atoms with E-state index in [9.17, 15) is 13.2 Å². The highest BCUT2D eigenvalue weighted by atomic mass is 32.2. The van der Waals surface area contributed by atoms with Crippen molar-refractivity contribution in [3.05, 3.63) is 23.2 Å². The standard InChI is InChI=1S/C21H29N5O5S2/c1-30-16-8-9-17(31-2)18(14-16)33(28,29)26-12-10-25(11-13-26)21(27)22-20-24-23-19(32-20)15-6-4-3-5-7-15/h8-9,14-15H,3-7,10-13H2,1-2H3,(H,22,24,27). The molecule has 1 N–H and O–H groups in total. The van der Waals surface area contributed by atoms with Crippen molar-refractivity contribution >= 4 is 32.5 Å². The number of nitrogens with zero attached hydrogens (tertiary/aromatic N) is 4. The van der Waals surface area contributed by atoms with Crippen molar-refractivity contribution in [2.24, 2.45) is 0 Å². The highest BCUT2D eigenvalue weighted by Crippen LogP contribution is 2.35. The van der Waals surface area contributed by atoms with Crippen molar-refractivity contribution in [2.45, 2.75) is 42.9 Å². The van der Waals surface area contributed by atoms with E-state index in [1.807, 2.05) is 0 Å². The molecule has 1 saturated carbocycles. The summed E-state index contributed by atoms with van der Waals surface area (Å²) >= 11 is 1.43. The molecule has 0 unspecified atom stereocenters. The Morgan fingerprint density at radius 3 is 2.45 bits per heavy atom. The predicted molar refractivity (Wildman–Crippen MR) is 125 cm³/mol. The summed E-state index contributed by atoms with van der Waals surface area (Å²) in [5.74, 6) is 1.11. The lowest BCUT2D eigenvalue weighted by Crippen LogP contribution is -2.51. The quantitative estimate of drug-likeness (QED) is 0.655. The van der Waals surface area contributed by atoms with Crippen LogP contribution >= 0.6 is 11.3 Å². The molecule has 33 heavy (non-hydrogen) atoms. The zero-order chi connectivity index (χ0) is 23.4. The number of sulfonamides is 1. The summed E-state index contributed by atoms with van der Waals surface area (Å²) < 4.78 is 38.2. The van der Waals surface area contributed by atoms with Crippen LogP contribution < -0.4 is 14.8 Å². The maximum Gasteiger partial charge on any atom is 0.323 e. The molecule has 1 aliphatic heterocycles. The molecular weight excluding hydrogens is 466 g/mol. The van der Waals surface area contributed by atoms with E-state index in [1.165, 1.54) is 55.2 Å². The third-order valence-corrected chi connectivity index (χ3v) is 9.04. The van der Waals surface area contributed by atoms with Crippen LogP contribution in [0.4, 0.5) is 9.93 Å². The summed E-state index contributed by atoms with van der Waals surface area (Å²) in [4.78, 5) is 14.4. The number of rotatable bonds is 6. The van der Waals surface area contributed by atoms with Gasteiger partial charge >= 0.3 is 6.03 Å². The van der Waals surface area contributed by atoms with Gasteiger partial charge in [-0.25, -0.2) is 13.2 Å². The SMILES string of the molecule is COc1ccc(OC)c(S(=O)(=O)N2CCN(C(=O)Nc3nnc(C4CCCCC4)s3)CC2)c1. The van der Waals surface area contributed by atoms with Gasteiger partial charge in [-0.2, -0.15) is 4.31 Å². The summed E-state index contributed by atoms with van der Waals surface area (Å²) in [5.41, 5.74) is 0. The van der Waals surface area contributed by atoms with Gasteiger partial charge in [-0.3, -0.25) is 5.32 Å². The molecule has 2 amide bonds. The third-order valence-electron chi connectivity index (χ3n) is 6.12. The van der Waals surface area contributed by atoms with Crippen LogP contribution in [-0.2, 0) is 10.0 Å². The Hall–Kier alpha value is -2.44. The molecule has 10 nitrogen and oxygen atoms in total. The average Bonchev–Trinajstić information content (AvgIpc) is 3.32. The van der Waals surface area contributed by atoms with Crippen molar-refractivity contribution in [2.75, 3.05) is 45.7 Å². The highest BCUT2D eigenvalue weighted by Gasteiger charge is 2.33. The number of ether oxygens (including phenoxy) is 2. The molecule has 12 heteroatoms. The normalized spacial score (nSPS) is 18.2. The first-order chi connectivity index (χ1) is 15.9. The van der Waals surface area contributed by atoms with Crippen molar-refractivity contribution in [1.29, 1.82) is 0 Å². The zero-order valence-electron chi connectivity index (χ0n) is 18.8. The molecule has 2 heterocycles. The second-order valence-corrected chi connectivity index (χ2v) is 11.0. The van der Waals surface area contributed by atoms with Crippen LogP contribution in [0.25, 0.3) is 0 Å². The predicted octanol–water partition coefficient (Wildman–Crippen LogP) is 3.14. The van der Waals surface area contributed by atoms with Crippen LogP contribution in [0.15, 0.2) is 23.1 Å². The molecule has 0 atom stereocenters. The molecule has 0 bridgehead atoms. The van der Waals surface area contributed by atoms with Crippen LogP contribution in [0.1, 0.15) is 43.0 Å². The second-order valence-electron chi connectivity index (χ2n) is 8.12. The summed E-state index contributed by atoms with van der Waals surface area (Å²) in [6.07, 6.45) is 5.93. The molecular formula is C21H29N5O5S2. The number of methoxy groups -OCH3 is 2. The van der Waals surface area contributed by atoms with Gasteiger partial charge in [0.05, 0.1) is 14.2 Å². The maximum atomic E-state index is 13.2. The molecule has 1 aromatic carbocycles. The fourth-order valence-electron chi connectivity index (χ4n) is 4.23. The topological polar surface area (TPSA) is 114 Å². The van der Waals surface area contributed by atoms with E-state index < -0.39 is 10.0 Å². The fourth-order valence-corrected chi connectivity index (χ4v) is 6.72. The highest BCUT2D eigenvalue weighted by molar-refractivity contribution is 7.89. The molecule has 1 aliphatic carbocycles. The lowest BCUT2D eigenvalue weighted by atomic mass is 9.90. The number of nitrogens with one attached hydrogen (secondary N) is 1. The first kappa shape index (κ1) is 23.7. The summed E-state index contributed by atoms with van der Waals surface area (Å²) in [6, 6.07) is 4.37. The molecule has 1 saturated heterocycles. The summed E-state index contributed by atoms with van der Waals surface area (Å²) in [6.45, 7) is 0.899. The van der Waals surface area contributed by atoms with Crippen LogP contribution in [0.5, 0.6) is 11.5 Å². The van der Waals surface area contributed by atoms with Gasteiger partial charge < -0.3 is 14.4 Å². The number of benzene rings is 1. The van der Waals surface area contributed by atoms with E-state index in [0.29, 0.717) is 16.8 Å². The van der Waals surface area contributed by atoms with E-state index in [4.69, 9.17) is 9.47 Å². The number of hydrogen-bond acceptors (Lipinski definition) is 8. The lowest BCUT2D eigenvalue weighted by molar-refractivity contribution is 0.184. The Labute approximate surface area is 197 Å². The molecule has 0 radical (unpaired) electrons. The first-order valence-corrected chi connectivity index (χ1v) is 13.3. The molecule has 2 fully saturated rings. The lowest BCUT2D eigenvalue weighted by Gasteiger charge is -2.34. The van der Waals surface area contributed by atoms with Gasteiger partial charge in [-0.15, -0.1) is 10.2 Å². The van der Waals surface area contributed by atoms with E-state index in [-0.39, 0.29) is 42.9 Å². The Morgan fingerprint density at radius 1 is 1.06 bits per heavy atom. The first-order valence-electron chi connectivity index (χ1n) is 11.0. The molecule has 2 aliphatic rings. The van der Waals surface area contributed by atoms with E-state index in [0.717, 1.165) is 17.8 Å². The minimum Gasteiger partial charge on any atom is -0.497 e. The molecule has 4 rings (SSSR count). The number of aromatic nitrogens is 2. The molecule has 180 valence electrons. The number of urea groups is 1. The largest absolute Gasteiger partial charge is 0.497 e. The number of piperazine rings is 1. The van der Waals surface area contributed by atoms with Gasteiger partial charge in [0.2, 0.25) is 15.2 Å². The van der Waals surface area contributed by atoms with Crippen molar-refractivity contribution in [3.63, 3.8) is 0 Å². The van der Waals surface area contributed by atoms with Crippen LogP contribution in [0.2, 0.25) is 0 Å². The van der Waals surface area contributed by atoms with Gasteiger partial charge in [-0.1, -0.05) is 30.6 Å². The van der Waals surface area contributed by atoms with Gasteiger partial charge in [0.15, 0.2) is 0 Å². The minimum absolute atomic E-state index is 0.0475. The molecule has 1 aromatic heterocycles. The fraction of sp³-hybridized carbons (Fsp3) is 0.571.